The maximum absolute atomic E-state index is 6.40. The van der Waals surface area contributed by atoms with Crippen LogP contribution in [0.4, 0.5) is 0 Å². The molecule has 4 nitrogen and oxygen atoms in total. The molecule has 0 aliphatic carbocycles. The van der Waals surface area contributed by atoms with Crippen molar-refractivity contribution < 1.29 is 0 Å². The van der Waals surface area contributed by atoms with Gasteiger partial charge in [-0.25, -0.2) is 0 Å². The molecule has 1 saturated heterocycles. The first-order valence-corrected chi connectivity index (χ1v) is 7.46. The van der Waals surface area contributed by atoms with E-state index in [-0.39, 0.29) is 18.2 Å². The van der Waals surface area contributed by atoms with E-state index in [1.165, 1.54) is 5.57 Å². The van der Waals surface area contributed by atoms with Crippen LogP contribution in [0, 0.1) is 0 Å². The Morgan fingerprint density at radius 3 is 2.63 bits per heavy atom. The molecule has 3 atom stereocenters. The molecule has 0 bridgehead atoms. The Kier molecular flexibility index (Phi) is 7.31. The number of piperidine rings is 1. The zero-order valence-corrected chi connectivity index (χ0v) is 12.4. The monoisotopic (exact) mass is 266 g/mol. The molecule has 0 radical (unpaired) electrons. The minimum absolute atomic E-state index is 0.0278. The highest BCUT2D eigenvalue weighted by molar-refractivity contribution is 5.17. The third kappa shape index (κ3) is 5.07. The summed E-state index contributed by atoms with van der Waals surface area (Å²) in [5.74, 6) is 0. The molecule has 1 heterocycles. The van der Waals surface area contributed by atoms with E-state index in [1.807, 2.05) is 0 Å². The normalized spacial score (nSPS) is 27.9. The van der Waals surface area contributed by atoms with E-state index < -0.39 is 0 Å². The van der Waals surface area contributed by atoms with Crippen molar-refractivity contribution in [3.05, 3.63) is 23.8 Å². The molecule has 1 rings (SSSR count). The molecule has 0 spiro atoms. The first-order chi connectivity index (χ1) is 9.10. The molecule has 1 fully saturated rings. The zero-order valence-electron chi connectivity index (χ0n) is 12.4. The highest BCUT2D eigenvalue weighted by atomic mass is 15.2. The fourth-order valence-corrected chi connectivity index (χ4v) is 2.46. The molecule has 0 aromatic carbocycles. The molecule has 2 unspecified atom stereocenters. The second-order valence-electron chi connectivity index (χ2n) is 5.38. The smallest absolute Gasteiger partial charge is 0.0797 e. The summed E-state index contributed by atoms with van der Waals surface area (Å²) in [6, 6.07) is 0.149. The summed E-state index contributed by atoms with van der Waals surface area (Å²) in [7, 11) is 0. The van der Waals surface area contributed by atoms with Gasteiger partial charge < -0.3 is 17.2 Å². The summed E-state index contributed by atoms with van der Waals surface area (Å²) in [5.41, 5.74) is 19.7. The van der Waals surface area contributed by atoms with Gasteiger partial charge in [0.05, 0.1) is 6.17 Å². The van der Waals surface area contributed by atoms with Crippen LogP contribution in [-0.2, 0) is 0 Å². The van der Waals surface area contributed by atoms with Crippen LogP contribution in [0.5, 0.6) is 0 Å². The van der Waals surface area contributed by atoms with Crippen LogP contribution in [0.25, 0.3) is 0 Å². The maximum atomic E-state index is 6.40. The first kappa shape index (κ1) is 16.4. The fraction of sp³-hybridized carbons (Fsp3) is 0.733. The molecule has 1 aliphatic rings. The quantitative estimate of drug-likeness (QED) is 0.633. The van der Waals surface area contributed by atoms with E-state index >= 15 is 0 Å². The van der Waals surface area contributed by atoms with Crippen molar-refractivity contribution in [3.8, 4) is 0 Å². The number of likely N-dealkylation sites (tertiary alicyclic amines) is 1. The highest BCUT2D eigenvalue weighted by Gasteiger charge is 2.27. The predicted molar refractivity (Wildman–Crippen MR) is 82.5 cm³/mol. The van der Waals surface area contributed by atoms with Crippen molar-refractivity contribution in [1.29, 1.82) is 0 Å². The van der Waals surface area contributed by atoms with E-state index in [9.17, 15) is 0 Å². The molecule has 4 heteroatoms. The van der Waals surface area contributed by atoms with Gasteiger partial charge in [-0.2, -0.15) is 0 Å². The third-order valence-corrected chi connectivity index (χ3v) is 3.74. The number of nitrogens with zero attached hydrogens (tertiary/aromatic N) is 1. The highest BCUT2D eigenvalue weighted by Crippen LogP contribution is 2.17. The lowest BCUT2D eigenvalue weighted by atomic mass is 9.98. The third-order valence-electron chi connectivity index (χ3n) is 3.74. The van der Waals surface area contributed by atoms with Gasteiger partial charge in [0.25, 0.3) is 0 Å². The molecule has 110 valence electrons. The van der Waals surface area contributed by atoms with Crippen molar-refractivity contribution in [1.82, 2.24) is 4.90 Å². The van der Waals surface area contributed by atoms with Crippen molar-refractivity contribution in [2.75, 3.05) is 13.1 Å². The topological polar surface area (TPSA) is 81.3 Å². The van der Waals surface area contributed by atoms with Crippen LogP contribution < -0.4 is 17.2 Å². The van der Waals surface area contributed by atoms with Gasteiger partial charge in [-0.1, -0.05) is 38.5 Å². The van der Waals surface area contributed by atoms with Crippen LogP contribution in [0.1, 0.15) is 39.5 Å². The van der Waals surface area contributed by atoms with Gasteiger partial charge in [0.2, 0.25) is 0 Å². The lowest BCUT2D eigenvalue weighted by Gasteiger charge is -2.39. The minimum atomic E-state index is -0.0278. The standard InChI is InChI=1S/C15H30N4/c1-3-5-6-8-12(7-4-2)15(18)19-10-9-13(16)14(17)11-19/h5-6,8,13-15H,3-4,7,9-11,16-18H2,1-2H3/b6-5-,12-8+/t13?,14-,15?/m1/s1. The molecule has 0 aromatic heterocycles. The number of rotatable bonds is 6. The number of nitrogens with two attached hydrogens (primary N) is 3. The Hall–Kier alpha value is -0.680. The van der Waals surface area contributed by atoms with Gasteiger partial charge in [0.1, 0.15) is 0 Å². The summed E-state index contributed by atoms with van der Waals surface area (Å²) in [6.07, 6.45) is 10.5. The largest absolute Gasteiger partial charge is 0.326 e. The van der Waals surface area contributed by atoms with Gasteiger partial charge in [0.15, 0.2) is 0 Å². The second-order valence-corrected chi connectivity index (χ2v) is 5.38. The number of allylic oxidation sites excluding steroid dienone is 3. The Balaban J connectivity index is 2.68. The Morgan fingerprint density at radius 1 is 1.32 bits per heavy atom. The summed E-state index contributed by atoms with van der Waals surface area (Å²) < 4.78 is 0. The summed E-state index contributed by atoms with van der Waals surface area (Å²) in [6.45, 7) is 6.05. The van der Waals surface area contributed by atoms with Crippen molar-refractivity contribution in [2.24, 2.45) is 17.2 Å². The molecule has 19 heavy (non-hydrogen) atoms. The average Bonchev–Trinajstić information content (AvgIpc) is 2.40. The van der Waals surface area contributed by atoms with Crippen LogP contribution in [0.3, 0.4) is 0 Å². The lowest BCUT2D eigenvalue weighted by Crippen LogP contribution is -2.59. The van der Waals surface area contributed by atoms with E-state index in [2.05, 4.69) is 37.0 Å². The van der Waals surface area contributed by atoms with Gasteiger partial charge in [0, 0.05) is 25.2 Å². The average molecular weight is 266 g/mol. The lowest BCUT2D eigenvalue weighted by molar-refractivity contribution is 0.155. The number of hydrogen-bond acceptors (Lipinski definition) is 4. The SMILES string of the molecule is CC/C=C\C=C(/CCC)C(N)N1CCC(N)[C@H](N)C1. The molecule has 0 amide bonds. The van der Waals surface area contributed by atoms with Gasteiger partial charge in [-0.05, 0) is 24.8 Å². The zero-order chi connectivity index (χ0) is 14.3. The van der Waals surface area contributed by atoms with Gasteiger partial charge >= 0.3 is 0 Å². The summed E-state index contributed by atoms with van der Waals surface area (Å²) >= 11 is 0. The van der Waals surface area contributed by atoms with Gasteiger partial charge in [-0.3, -0.25) is 4.90 Å². The molecule has 0 aromatic rings. The van der Waals surface area contributed by atoms with Gasteiger partial charge in [-0.15, -0.1) is 0 Å². The predicted octanol–water partition coefficient (Wildman–Crippen LogP) is 1.32. The fourth-order valence-electron chi connectivity index (χ4n) is 2.46. The Labute approximate surface area is 117 Å². The molecule has 0 saturated carbocycles. The first-order valence-electron chi connectivity index (χ1n) is 7.46. The Bertz CT molecular complexity index is 311. The van der Waals surface area contributed by atoms with Crippen LogP contribution in [-0.4, -0.2) is 36.2 Å². The van der Waals surface area contributed by atoms with E-state index in [1.54, 1.807) is 0 Å². The van der Waals surface area contributed by atoms with Crippen molar-refractivity contribution in [3.63, 3.8) is 0 Å². The minimum Gasteiger partial charge on any atom is -0.326 e. The Morgan fingerprint density at radius 2 is 2.05 bits per heavy atom. The maximum Gasteiger partial charge on any atom is 0.0797 e. The summed E-state index contributed by atoms with van der Waals surface area (Å²) in [5, 5.41) is 0. The van der Waals surface area contributed by atoms with Crippen molar-refractivity contribution in [2.45, 2.75) is 57.8 Å². The van der Waals surface area contributed by atoms with Crippen LogP contribution >= 0.6 is 0 Å². The molecular formula is C15H30N4. The summed E-state index contributed by atoms with van der Waals surface area (Å²) in [4.78, 5) is 2.26. The van der Waals surface area contributed by atoms with Crippen molar-refractivity contribution >= 4 is 0 Å². The molecule has 6 N–H and O–H groups in total. The second kappa shape index (κ2) is 8.48. The molecular weight excluding hydrogens is 236 g/mol. The van der Waals surface area contributed by atoms with Crippen LogP contribution in [0.2, 0.25) is 0 Å². The van der Waals surface area contributed by atoms with E-state index in [4.69, 9.17) is 17.2 Å². The van der Waals surface area contributed by atoms with Crippen LogP contribution in [0.15, 0.2) is 23.8 Å². The van der Waals surface area contributed by atoms with E-state index in [0.717, 1.165) is 38.8 Å². The van der Waals surface area contributed by atoms with E-state index in [0.29, 0.717) is 0 Å². The number of hydrogen-bond donors (Lipinski definition) is 3. The molecule has 1 aliphatic heterocycles.